The summed E-state index contributed by atoms with van der Waals surface area (Å²) in [4.78, 5) is 29.0. The van der Waals surface area contributed by atoms with Crippen LogP contribution in [0.2, 0.25) is 17.7 Å². The average Bonchev–Trinajstić information content (AvgIpc) is 2.60. The van der Waals surface area contributed by atoms with Crippen molar-refractivity contribution in [1.29, 1.82) is 0 Å². The second kappa shape index (κ2) is 15.4. The van der Waals surface area contributed by atoms with Gasteiger partial charge in [-0.3, -0.25) is 0 Å². The minimum atomic E-state index is -2.74. The molecule has 0 bridgehead atoms. The molecule has 0 N–H and O–H groups in total. The Hall–Kier alpha value is 0.317. The maximum atomic E-state index is 10.7. The zero-order chi connectivity index (χ0) is 19.0. The SMILES string of the molecule is CCC[CH2][Sn][O][Sn]([CH2]CCC)([CH2]CCC)[CH2]CC(C)(N=C=O)N=C=O. The van der Waals surface area contributed by atoms with Crippen molar-refractivity contribution >= 4 is 52.5 Å². The zero-order valence-electron chi connectivity index (χ0n) is 16.4. The fourth-order valence-corrected chi connectivity index (χ4v) is 30.4. The normalized spacial score (nSPS) is 13.6. The summed E-state index contributed by atoms with van der Waals surface area (Å²) < 4.78 is 11.5. The second-order valence-corrected chi connectivity index (χ2v) is 24.6. The molecule has 7 heteroatoms. The Morgan fingerprint density at radius 3 is 1.88 bits per heavy atom. The Kier molecular flexibility index (Phi) is 15.6. The molecule has 0 saturated carbocycles. The van der Waals surface area contributed by atoms with Crippen LogP contribution in [0.15, 0.2) is 9.98 Å². The number of unbranched alkanes of at least 4 members (excludes halogenated alkanes) is 3. The molecular formula is C18H34N2O3Sn2. The molecule has 0 aliphatic heterocycles. The molecule has 0 aliphatic rings. The standard InChI is InChI=1S/C6H7N2O2.3C4H9.O.2Sn/c1-3-6(2,7-4-9)8-5-10;3*1-3-4-2;;;/h1,3H2,2H3;3*1,3-4H2,2H3;;;. The van der Waals surface area contributed by atoms with E-state index in [1.165, 1.54) is 51.8 Å². The fraction of sp³-hybridized carbons (Fsp3) is 0.889. The van der Waals surface area contributed by atoms with Gasteiger partial charge < -0.3 is 0 Å². The third-order valence-corrected chi connectivity index (χ3v) is 29.3. The number of carbonyl (C=O) groups excluding carboxylic acids is 2. The summed E-state index contributed by atoms with van der Waals surface area (Å²) in [5.74, 6) is 0. The Morgan fingerprint density at radius 1 is 0.920 bits per heavy atom. The van der Waals surface area contributed by atoms with E-state index in [0.29, 0.717) is 6.42 Å². The molecule has 0 saturated heterocycles. The topological polar surface area (TPSA) is 68.1 Å². The molecule has 5 nitrogen and oxygen atoms in total. The van der Waals surface area contributed by atoms with Gasteiger partial charge in [-0.05, 0) is 0 Å². The molecule has 0 aromatic carbocycles. The van der Waals surface area contributed by atoms with Gasteiger partial charge in [0, 0.05) is 0 Å². The summed E-state index contributed by atoms with van der Waals surface area (Å²) in [6, 6.07) is 0. The van der Waals surface area contributed by atoms with Crippen molar-refractivity contribution in [2.45, 2.75) is 96.1 Å². The molecule has 0 rings (SSSR count). The van der Waals surface area contributed by atoms with Crippen LogP contribution in [0.25, 0.3) is 0 Å². The average molecular weight is 564 g/mol. The van der Waals surface area contributed by atoms with Crippen molar-refractivity contribution < 1.29 is 11.0 Å². The van der Waals surface area contributed by atoms with Crippen LogP contribution < -0.4 is 0 Å². The van der Waals surface area contributed by atoms with Gasteiger partial charge in [-0.25, -0.2) is 0 Å². The quantitative estimate of drug-likeness (QED) is 0.113. The van der Waals surface area contributed by atoms with Gasteiger partial charge in [0.05, 0.1) is 0 Å². The van der Waals surface area contributed by atoms with E-state index in [2.05, 4.69) is 30.8 Å². The third-order valence-electron chi connectivity index (χ3n) is 4.52. The number of hydrogen-bond acceptors (Lipinski definition) is 5. The molecule has 142 valence electrons. The van der Waals surface area contributed by atoms with Crippen molar-refractivity contribution in [3.63, 3.8) is 0 Å². The zero-order valence-corrected chi connectivity index (χ0v) is 22.1. The van der Waals surface area contributed by atoms with Gasteiger partial charge in [-0.15, -0.1) is 0 Å². The van der Waals surface area contributed by atoms with Crippen LogP contribution in [-0.2, 0) is 11.0 Å². The fourth-order valence-electron chi connectivity index (χ4n) is 2.78. The molecule has 0 spiro atoms. The first-order chi connectivity index (χ1) is 12.0. The molecule has 0 aromatic heterocycles. The van der Waals surface area contributed by atoms with E-state index in [1.807, 2.05) is 0 Å². The monoisotopic (exact) mass is 566 g/mol. The van der Waals surface area contributed by atoms with E-state index >= 15 is 0 Å². The number of hydrogen-bond donors (Lipinski definition) is 0. The van der Waals surface area contributed by atoms with Gasteiger partial charge in [-0.2, -0.15) is 0 Å². The van der Waals surface area contributed by atoms with E-state index in [9.17, 15) is 9.59 Å². The summed E-state index contributed by atoms with van der Waals surface area (Å²) >= 11 is -3.50. The summed E-state index contributed by atoms with van der Waals surface area (Å²) in [7, 11) is 0. The van der Waals surface area contributed by atoms with Crippen LogP contribution in [0.1, 0.15) is 72.6 Å². The number of nitrogens with zero attached hydrogens (tertiary/aromatic N) is 2. The van der Waals surface area contributed by atoms with Crippen LogP contribution in [0.3, 0.4) is 0 Å². The maximum absolute atomic E-state index is 10.7. The van der Waals surface area contributed by atoms with Crippen LogP contribution in [0, 0.1) is 0 Å². The number of rotatable bonds is 16. The van der Waals surface area contributed by atoms with Crippen molar-refractivity contribution in [1.82, 2.24) is 0 Å². The van der Waals surface area contributed by atoms with E-state index in [0.717, 1.165) is 4.44 Å². The van der Waals surface area contributed by atoms with Gasteiger partial charge >= 0.3 is 170 Å². The molecule has 2 radical (unpaired) electrons. The van der Waals surface area contributed by atoms with E-state index in [-0.39, 0.29) is 0 Å². The predicted octanol–water partition coefficient (Wildman–Crippen LogP) is 5.16. The summed E-state index contributed by atoms with van der Waals surface area (Å²) in [5, 5.41) is 0. The van der Waals surface area contributed by atoms with Crippen LogP contribution in [0.4, 0.5) is 0 Å². The molecule has 0 fully saturated rings. The molecule has 0 unspecified atom stereocenters. The predicted molar refractivity (Wildman–Crippen MR) is 106 cm³/mol. The van der Waals surface area contributed by atoms with Crippen LogP contribution in [0.5, 0.6) is 0 Å². The van der Waals surface area contributed by atoms with E-state index in [1.54, 1.807) is 19.1 Å². The molecule has 25 heavy (non-hydrogen) atoms. The summed E-state index contributed by atoms with van der Waals surface area (Å²) in [6.07, 6.45) is 11.1. The molecule has 0 aliphatic carbocycles. The van der Waals surface area contributed by atoms with Gasteiger partial charge in [-0.1, -0.05) is 0 Å². The van der Waals surface area contributed by atoms with Crippen LogP contribution in [-0.4, -0.2) is 58.2 Å². The third kappa shape index (κ3) is 11.6. The Labute approximate surface area is 168 Å². The summed E-state index contributed by atoms with van der Waals surface area (Å²) in [6.45, 7) is 8.40. The Balaban J connectivity index is 5.19. The molecule has 0 heterocycles. The first kappa shape index (κ1) is 25.3. The Morgan fingerprint density at radius 2 is 1.44 bits per heavy atom. The second-order valence-electron chi connectivity index (χ2n) is 6.86. The molecule has 0 aromatic rings. The summed E-state index contributed by atoms with van der Waals surface area (Å²) in [5.41, 5.74) is -1.01. The van der Waals surface area contributed by atoms with Crippen molar-refractivity contribution in [2.75, 3.05) is 0 Å². The Bertz CT molecular complexity index is 422. The van der Waals surface area contributed by atoms with Gasteiger partial charge in [0.2, 0.25) is 0 Å². The molecule has 0 atom stereocenters. The van der Waals surface area contributed by atoms with E-state index in [4.69, 9.17) is 1.41 Å². The van der Waals surface area contributed by atoms with Crippen LogP contribution >= 0.6 is 0 Å². The van der Waals surface area contributed by atoms with Crippen molar-refractivity contribution in [2.24, 2.45) is 9.98 Å². The van der Waals surface area contributed by atoms with E-state index < -0.39 is 46.0 Å². The van der Waals surface area contributed by atoms with Gasteiger partial charge in [0.25, 0.3) is 0 Å². The van der Waals surface area contributed by atoms with Crippen molar-refractivity contribution in [3.05, 3.63) is 0 Å². The minimum absolute atomic E-state index is 0.605. The first-order valence-corrected chi connectivity index (χ1v) is 20.0. The molecular weight excluding hydrogens is 530 g/mol. The number of aliphatic imine (C=N–C) groups is 2. The number of isocyanates is 2. The van der Waals surface area contributed by atoms with Gasteiger partial charge in [0.15, 0.2) is 0 Å². The van der Waals surface area contributed by atoms with Crippen molar-refractivity contribution in [3.8, 4) is 0 Å². The van der Waals surface area contributed by atoms with Gasteiger partial charge in [0.1, 0.15) is 0 Å². The molecule has 0 amide bonds. The first-order valence-electron chi connectivity index (χ1n) is 9.60.